The van der Waals surface area contributed by atoms with E-state index in [1.807, 2.05) is 30.5 Å². The van der Waals surface area contributed by atoms with Crippen molar-refractivity contribution in [2.24, 2.45) is 0 Å². The van der Waals surface area contributed by atoms with Gasteiger partial charge in [-0.25, -0.2) is 15.0 Å². The number of thiazole rings is 1. The van der Waals surface area contributed by atoms with E-state index in [1.165, 1.54) is 0 Å². The van der Waals surface area contributed by atoms with Gasteiger partial charge in [0.2, 0.25) is 5.95 Å². The first-order valence-electron chi connectivity index (χ1n) is 9.19. The molecule has 1 atom stereocenters. The second-order valence-corrected chi connectivity index (χ2v) is 7.72. The summed E-state index contributed by atoms with van der Waals surface area (Å²) in [7, 11) is 3.36. The lowest BCUT2D eigenvalue weighted by molar-refractivity contribution is 0.190. The Kier molecular flexibility index (Phi) is 5.40. The fourth-order valence-electron chi connectivity index (χ4n) is 3.20. The van der Waals surface area contributed by atoms with E-state index >= 15 is 0 Å². The summed E-state index contributed by atoms with van der Waals surface area (Å²) >= 11 is 1.64. The number of hydrogen-bond donors (Lipinski definition) is 2. The van der Waals surface area contributed by atoms with Crippen molar-refractivity contribution in [3.8, 4) is 16.3 Å². The SMILES string of the molecule is COCC(C)Nc1nc2c(s1)-c1nc(Nc3cccc(OC)c3)ncc1CC2. The summed E-state index contributed by atoms with van der Waals surface area (Å²) in [5.74, 6) is 1.35. The van der Waals surface area contributed by atoms with Gasteiger partial charge in [-0.3, -0.25) is 0 Å². The molecule has 7 nitrogen and oxygen atoms in total. The van der Waals surface area contributed by atoms with Crippen LogP contribution in [-0.4, -0.2) is 41.8 Å². The third-order valence-electron chi connectivity index (χ3n) is 4.52. The number of benzene rings is 1. The first kappa shape index (κ1) is 18.6. The fraction of sp³-hybridized carbons (Fsp3) is 0.350. The maximum atomic E-state index is 5.28. The van der Waals surface area contributed by atoms with Crippen LogP contribution in [0.15, 0.2) is 30.5 Å². The molecule has 2 aromatic heterocycles. The van der Waals surface area contributed by atoms with E-state index in [4.69, 9.17) is 19.4 Å². The first-order chi connectivity index (χ1) is 13.7. The molecule has 0 spiro atoms. The van der Waals surface area contributed by atoms with Gasteiger partial charge >= 0.3 is 0 Å². The molecule has 8 heteroatoms. The third-order valence-corrected chi connectivity index (χ3v) is 5.56. The molecule has 0 aliphatic heterocycles. The van der Waals surface area contributed by atoms with Crippen LogP contribution in [0.4, 0.5) is 16.8 Å². The van der Waals surface area contributed by atoms with Crippen molar-refractivity contribution in [3.63, 3.8) is 0 Å². The molecule has 4 rings (SSSR count). The second kappa shape index (κ2) is 8.12. The van der Waals surface area contributed by atoms with Crippen molar-refractivity contribution in [2.45, 2.75) is 25.8 Å². The molecule has 0 radical (unpaired) electrons. The summed E-state index contributed by atoms with van der Waals surface area (Å²) in [6, 6.07) is 7.91. The van der Waals surface area contributed by atoms with Crippen molar-refractivity contribution in [3.05, 3.63) is 41.7 Å². The van der Waals surface area contributed by atoms with Crippen LogP contribution >= 0.6 is 11.3 Å². The van der Waals surface area contributed by atoms with E-state index in [0.29, 0.717) is 12.6 Å². The molecule has 1 unspecified atom stereocenters. The minimum absolute atomic E-state index is 0.202. The number of ether oxygens (including phenoxy) is 2. The lowest BCUT2D eigenvalue weighted by atomic mass is 10.00. The zero-order valence-electron chi connectivity index (χ0n) is 16.2. The van der Waals surface area contributed by atoms with Gasteiger partial charge in [-0.1, -0.05) is 17.4 Å². The van der Waals surface area contributed by atoms with Gasteiger partial charge in [-0.2, -0.15) is 0 Å². The summed E-state index contributed by atoms with van der Waals surface area (Å²) in [6.45, 7) is 2.72. The molecule has 2 heterocycles. The molecular formula is C20H23N5O2S. The van der Waals surface area contributed by atoms with Gasteiger partial charge in [0, 0.05) is 31.1 Å². The zero-order chi connectivity index (χ0) is 19.5. The van der Waals surface area contributed by atoms with Crippen LogP contribution in [0.3, 0.4) is 0 Å². The number of methoxy groups -OCH3 is 2. The van der Waals surface area contributed by atoms with E-state index in [-0.39, 0.29) is 6.04 Å². The highest BCUT2D eigenvalue weighted by molar-refractivity contribution is 7.19. The van der Waals surface area contributed by atoms with E-state index in [2.05, 4.69) is 22.5 Å². The lowest BCUT2D eigenvalue weighted by Crippen LogP contribution is -2.20. The molecule has 1 aliphatic carbocycles. The summed E-state index contributed by atoms with van der Waals surface area (Å²) < 4.78 is 10.5. The van der Waals surface area contributed by atoms with Crippen molar-refractivity contribution in [2.75, 3.05) is 31.5 Å². The van der Waals surface area contributed by atoms with E-state index in [9.17, 15) is 0 Å². The summed E-state index contributed by atoms with van der Waals surface area (Å²) in [6.07, 6.45) is 3.72. The quantitative estimate of drug-likeness (QED) is 0.626. The van der Waals surface area contributed by atoms with Crippen molar-refractivity contribution in [1.29, 1.82) is 0 Å². The highest BCUT2D eigenvalue weighted by atomic mass is 32.1. The molecule has 28 heavy (non-hydrogen) atoms. The van der Waals surface area contributed by atoms with Crippen LogP contribution < -0.4 is 15.4 Å². The molecule has 0 fully saturated rings. The Morgan fingerprint density at radius 3 is 2.93 bits per heavy atom. The highest BCUT2D eigenvalue weighted by Gasteiger charge is 2.23. The molecule has 0 bridgehead atoms. The van der Waals surface area contributed by atoms with Crippen molar-refractivity contribution < 1.29 is 9.47 Å². The molecule has 0 saturated heterocycles. The second-order valence-electron chi connectivity index (χ2n) is 6.72. The Morgan fingerprint density at radius 2 is 2.11 bits per heavy atom. The molecule has 2 N–H and O–H groups in total. The monoisotopic (exact) mass is 397 g/mol. The smallest absolute Gasteiger partial charge is 0.227 e. The van der Waals surface area contributed by atoms with Crippen molar-refractivity contribution >= 4 is 28.1 Å². The Bertz CT molecular complexity index is 975. The minimum atomic E-state index is 0.202. The molecule has 1 aromatic carbocycles. The molecule has 1 aliphatic rings. The van der Waals surface area contributed by atoms with Gasteiger partial charge in [0.25, 0.3) is 0 Å². The topological polar surface area (TPSA) is 81.2 Å². The highest BCUT2D eigenvalue weighted by Crippen LogP contribution is 2.39. The zero-order valence-corrected chi connectivity index (χ0v) is 17.0. The number of aryl methyl sites for hydroxylation is 2. The lowest BCUT2D eigenvalue weighted by Gasteiger charge is -2.15. The summed E-state index contributed by atoms with van der Waals surface area (Å²) in [5.41, 5.74) is 4.10. The average molecular weight is 398 g/mol. The Balaban J connectivity index is 1.60. The number of nitrogens with zero attached hydrogens (tertiary/aromatic N) is 3. The van der Waals surface area contributed by atoms with Gasteiger partial charge in [0.1, 0.15) is 5.75 Å². The molecule has 0 amide bonds. The van der Waals surface area contributed by atoms with Crippen LogP contribution in [0.5, 0.6) is 5.75 Å². The first-order valence-corrected chi connectivity index (χ1v) is 10.0. The Labute approximate surface area is 168 Å². The molecule has 3 aromatic rings. The van der Waals surface area contributed by atoms with Crippen LogP contribution in [0.25, 0.3) is 10.6 Å². The van der Waals surface area contributed by atoms with Crippen LogP contribution in [-0.2, 0) is 17.6 Å². The number of hydrogen-bond acceptors (Lipinski definition) is 8. The Hall–Kier alpha value is -2.71. The minimum Gasteiger partial charge on any atom is -0.497 e. The maximum Gasteiger partial charge on any atom is 0.227 e. The third kappa shape index (κ3) is 3.93. The van der Waals surface area contributed by atoms with Crippen LogP contribution in [0.1, 0.15) is 18.2 Å². The standard InChI is InChI=1S/C20H23N5O2S/c1-12(11-26-2)22-20-24-16-8-7-13-10-21-19(25-17(13)18(16)28-20)23-14-5-4-6-15(9-14)27-3/h4-6,9-10,12H,7-8,11H2,1-3H3,(H,22,24)(H,21,23,25). The van der Waals surface area contributed by atoms with Crippen LogP contribution in [0, 0.1) is 0 Å². The molecular weight excluding hydrogens is 374 g/mol. The number of nitrogens with one attached hydrogen (secondary N) is 2. The summed E-state index contributed by atoms with van der Waals surface area (Å²) in [4.78, 5) is 15.2. The molecule has 146 valence electrons. The Morgan fingerprint density at radius 1 is 1.21 bits per heavy atom. The van der Waals surface area contributed by atoms with Gasteiger partial charge in [0.15, 0.2) is 5.13 Å². The van der Waals surface area contributed by atoms with Gasteiger partial charge in [-0.15, -0.1) is 0 Å². The van der Waals surface area contributed by atoms with E-state index in [1.54, 1.807) is 25.6 Å². The number of aromatic nitrogens is 3. The normalized spacial score (nSPS) is 13.4. The fourth-order valence-corrected chi connectivity index (χ4v) is 4.35. The molecule has 0 saturated carbocycles. The predicted molar refractivity (Wildman–Crippen MR) is 112 cm³/mol. The van der Waals surface area contributed by atoms with Gasteiger partial charge < -0.3 is 20.1 Å². The number of anilines is 3. The predicted octanol–water partition coefficient (Wildman–Crippen LogP) is 3.90. The van der Waals surface area contributed by atoms with Gasteiger partial charge in [0.05, 0.1) is 30.0 Å². The number of rotatable bonds is 7. The average Bonchev–Trinajstić information content (AvgIpc) is 3.11. The van der Waals surface area contributed by atoms with Gasteiger partial charge in [-0.05, 0) is 37.5 Å². The van der Waals surface area contributed by atoms with Crippen molar-refractivity contribution in [1.82, 2.24) is 15.0 Å². The van der Waals surface area contributed by atoms with Crippen LogP contribution in [0.2, 0.25) is 0 Å². The largest absolute Gasteiger partial charge is 0.497 e. The number of fused-ring (bicyclic) bond motifs is 3. The van der Waals surface area contributed by atoms with E-state index in [0.717, 1.165) is 51.2 Å². The van der Waals surface area contributed by atoms with E-state index < -0.39 is 0 Å². The summed E-state index contributed by atoms with van der Waals surface area (Å²) in [5, 5.41) is 7.58. The maximum absolute atomic E-state index is 5.28.